The molecule has 2 rings (SSSR count). The van der Waals surface area contributed by atoms with Crippen LogP contribution >= 0.6 is 0 Å². The number of anilines is 1. The van der Waals surface area contributed by atoms with E-state index in [0.29, 0.717) is 17.4 Å². The average molecular weight is 276 g/mol. The van der Waals surface area contributed by atoms with E-state index in [0.717, 1.165) is 18.8 Å². The fourth-order valence-corrected chi connectivity index (χ4v) is 2.89. The first-order valence-corrected chi connectivity index (χ1v) is 7.46. The molecular formula is C15H24N4O. The summed E-state index contributed by atoms with van der Waals surface area (Å²) in [6.45, 7) is 2.24. The summed E-state index contributed by atoms with van der Waals surface area (Å²) in [5, 5.41) is 3.10. The second-order valence-corrected chi connectivity index (χ2v) is 5.56. The number of rotatable bonds is 5. The molecule has 0 unspecified atom stereocenters. The molecule has 0 radical (unpaired) electrons. The summed E-state index contributed by atoms with van der Waals surface area (Å²) in [5.74, 6) is 6.62. The lowest BCUT2D eigenvalue weighted by Gasteiger charge is -2.28. The molecule has 4 N–H and O–H groups in total. The Labute approximate surface area is 120 Å². The number of nitrogens with zero attached hydrogens (tertiary/aromatic N) is 1. The van der Waals surface area contributed by atoms with Crippen molar-refractivity contribution in [2.45, 2.75) is 51.5 Å². The van der Waals surface area contributed by atoms with Crippen molar-refractivity contribution in [3.63, 3.8) is 0 Å². The van der Waals surface area contributed by atoms with E-state index in [4.69, 9.17) is 5.84 Å². The summed E-state index contributed by atoms with van der Waals surface area (Å²) in [6, 6.07) is 3.75. The fraction of sp³-hybridized carbons (Fsp3) is 0.600. The molecule has 5 nitrogen and oxygen atoms in total. The lowest BCUT2D eigenvalue weighted by Crippen LogP contribution is -2.37. The number of amides is 1. The smallest absolute Gasteiger partial charge is 0.253 e. The van der Waals surface area contributed by atoms with E-state index >= 15 is 0 Å². The van der Waals surface area contributed by atoms with E-state index in [-0.39, 0.29) is 5.91 Å². The van der Waals surface area contributed by atoms with Gasteiger partial charge in [0.05, 0.1) is 5.56 Å². The van der Waals surface area contributed by atoms with E-state index in [1.165, 1.54) is 25.7 Å². The summed E-state index contributed by atoms with van der Waals surface area (Å²) in [5.41, 5.74) is 3.03. The van der Waals surface area contributed by atoms with Gasteiger partial charge in [-0.2, -0.15) is 0 Å². The Balaban J connectivity index is 1.82. The van der Waals surface area contributed by atoms with Gasteiger partial charge in [0.1, 0.15) is 5.82 Å². The van der Waals surface area contributed by atoms with Gasteiger partial charge in [-0.3, -0.25) is 4.79 Å². The van der Waals surface area contributed by atoms with Gasteiger partial charge in [0.2, 0.25) is 0 Å². The van der Waals surface area contributed by atoms with Gasteiger partial charge in [0, 0.05) is 12.2 Å². The number of nitrogen functional groups attached to an aromatic ring is 1. The normalized spacial score (nSPS) is 22.3. The summed E-state index contributed by atoms with van der Waals surface area (Å²) < 4.78 is 0. The van der Waals surface area contributed by atoms with Crippen molar-refractivity contribution in [2.24, 2.45) is 11.8 Å². The highest BCUT2D eigenvalue weighted by atomic mass is 16.1. The number of nitrogens with two attached hydrogens (primary N) is 1. The van der Waals surface area contributed by atoms with Crippen LogP contribution in [0.4, 0.5) is 5.82 Å². The first-order valence-electron chi connectivity index (χ1n) is 7.46. The zero-order valence-electron chi connectivity index (χ0n) is 12.1. The van der Waals surface area contributed by atoms with Crippen molar-refractivity contribution >= 4 is 11.7 Å². The minimum Gasteiger partial charge on any atom is -0.349 e. The Morgan fingerprint density at radius 2 is 2.10 bits per heavy atom. The summed E-state index contributed by atoms with van der Waals surface area (Å²) in [7, 11) is 0. The van der Waals surface area contributed by atoms with Crippen LogP contribution in [-0.2, 0) is 0 Å². The highest BCUT2D eigenvalue weighted by Gasteiger charge is 2.22. The van der Waals surface area contributed by atoms with Crippen LogP contribution in [0.25, 0.3) is 0 Å². The topological polar surface area (TPSA) is 80.0 Å². The van der Waals surface area contributed by atoms with E-state index < -0.39 is 0 Å². The lowest BCUT2D eigenvalue weighted by molar-refractivity contribution is 0.0921. The number of carbonyl (C=O) groups excluding carboxylic acids is 1. The molecule has 5 heteroatoms. The maximum Gasteiger partial charge on any atom is 0.253 e. The molecule has 1 aliphatic rings. The third-order valence-electron chi connectivity index (χ3n) is 4.05. The molecule has 1 aromatic rings. The van der Waals surface area contributed by atoms with Crippen LogP contribution in [0, 0.1) is 5.92 Å². The molecule has 1 aliphatic carbocycles. The lowest BCUT2D eigenvalue weighted by atomic mass is 9.83. The van der Waals surface area contributed by atoms with Crippen molar-refractivity contribution in [2.75, 3.05) is 5.43 Å². The predicted octanol–water partition coefficient (Wildman–Crippen LogP) is 2.46. The second-order valence-electron chi connectivity index (χ2n) is 5.56. The van der Waals surface area contributed by atoms with Crippen LogP contribution < -0.4 is 16.6 Å². The summed E-state index contributed by atoms with van der Waals surface area (Å²) >= 11 is 0. The highest BCUT2D eigenvalue weighted by Crippen LogP contribution is 2.27. The molecular weight excluding hydrogens is 252 g/mol. The number of hydrogen-bond acceptors (Lipinski definition) is 4. The molecule has 1 amide bonds. The third-order valence-corrected chi connectivity index (χ3v) is 4.05. The quantitative estimate of drug-likeness (QED) is 0.570. The minimum atomic E-state index is -0.0417. The molecule has 0 atom stereocenters. The SMILES string of the molecule is CCCC1CCC(NC(=O)c2ccc(NN)nc2)CC1. The largest absolute Gasteiger partial charge is 0.349 e. The van der Waals surface area contributed by atoms with Crippen LogP contribution in [0.2, 0.25) is 0 Å². The van der Waals surface area contributed by atoms with Crippen molar-refractivity contribution in [3.05, 3.63) is 23.9 Å². The predicted molar refractivity (Wildman–Crippen MR) is 80.2 cm³/mol. The maximum atomic E-state index is 12.1. The van der Waals surface area contributed by atoms with E-state index in [1.54, 1.807) is 18.3 Å². The number of aromatic nitrogens is 1. The van der Waals surface area contributed by atoms with Crippen molar-refractivity contribution in [1.82, 2.24) is 10.3 Å². The average Bonchev–Trinajstić information content (AvgIpc) is 2.49. The number of hydrazine groups is 1. The van der Waals surface area contributed by atoms with Gasteiger partial charge in [-0.25, -0.2) is 10.8 Å². The Bertz CT molecular complexity index is 424. The van der Waals surface area contributed by atoms with Gasteiger partial charge in [0.25, 0.3) is 5.91 Å². The standard InChI is InChI=1S/C15H24N4O/c1-2-3-11-4-7-13(8-5-11)18-15(20)12-6-9-14(19-16)17-10-12/h6,9-11,13H,2-5,7-8,16H2,1H3,(H,17,19)(H,18,20). The molecule has 1 fully saturated rings. The maximum absolute atomic E-state index is 12.1. The van der Waals surface area contributed by atoms with Crippen molar-refractivity contribution < 1.29 is 4.79 Å². The van der Waals surface area contributed by atoms with Gasteiger partial charge in [-0.15, -0.1) is 0 Å². The monoisotopic (exact) mass is 276 g/mol. The first kappa shape index (κ1) is 14.8. The number of carbonyl (C=O) groups is 1. The molecule has 0 spiro atoms. The molecule has 1 heterocycles. The van der Waals surface area contributed by atoms with E-state index in [9.17, 15) is 4.79 Å². The molecule has 0 saturated heterocycles. The second kappa shape index (κ2) is 7.24. The van der Waals surface area contributed by atoms with Crippen LogP contribution in [0.1, 0.15) is 55.8 Å². The van der Waals surface area contributed by atoms with Crippen LogP contribution in [0.3, 0.4) is 0 Å². The zero-order valence-corrected chi connectivity index (χ0v) is 12.1. The van der Waals surface area contributed by atoms with Gasteiger partial charge < -0.3 is 10.7 Å². The Kier molecular flexibility index (Phi) is 5.35. The van der Waals surface area contributed by atoms with Crippen LogP contribution in [0.15, 0.2) is 18.3 Å². The van der Waals surface area contributed by atoms with Crippen molar-refractivity contribution in [3.8, 4) is 0 Å². The van der Waals surface area contributed by atoms with E-state index in [2.05, 4.69) is 22.7 Å². The Morgan fingerprint density at radius 3 is 2.65 bits per heavy atom. The third kappa shape index (κ3) is 3.93. The van der Waals surface area contributed by atoms with E-state index in [1.807, 2.05) is 0 Å². The molecule has 1 aromatic heterocycles. The molecule has 1 saturated carbocycles. The van der Waals surface area contributed by atoms with Gasteiger partial charge >= 0.3 is 0 Å². The molecule has 20 heavy (non-hydrogen) atoms. The first-order chi connectivity index (χ1) is 9.72. The number of hydrogen-bond donors (Lipinski definition) is 3. The number of pyridine rings is 1. The Morgan fingerprint density at radius 1 is 1.35 bits per heavy atom. The summed E-state index contributed by atoms with van der Waals surface area (Å²) in [4.78, 5) is 16.2. The number of nitrogens with one attached hydrogen (secondary N) is 2. The Hall–Kier alpha value is -1.62. The minimum absolute atomic E-state index is 0.0417. The van der Waals surface area contributed by atoms with Gasteiger partial charge in [-0.1, -0.05) is 19.8 Å². The van der Waals surface area contributed by atoms with Gasteiger partial charge in [0.15, 0.2) is 0 Å². The van der Waals surface area contributed by atoms with Crippen LogP contribution in [0.5, 0.6) is 0 Å². The molecule has 0 aromatic carbocycles. The molecule has 110 valence electrons. The van der Waals surface area contributed by atoms with Crippen molar-refractivity contribution in [1.29, 1.82) is 0 Å². The summed E-state index contributed by atoms with van der Waals surface area (Å²) in [6.07, 6.45) is 8.76. The molecule has 0 aliphatic heterocycles. The molecule has 0 bridgehead atoms. The zero-order chi connectivity index (χ0) is 14.4. The van der Waals surface area contributed by atoms with Crippen LogP contribution in [-0.4, -0.2) is 16.9 Å². The fourth-order valence-electron chi connectivity index (χ4n) is 2.89. The van der Waals surface area contributed by atoms with Gasteiger partial charge in [-0.05, 0) is 43.7 Å². The highest BCUT2D eigenvalue weighted by molar-refractivity contribution is 5.94.